The minimum Gasteiger partial charge on any atom is -0.352 e. The molecule has 2 aromatic carbocycles. The van der Waals surface area contributed by atoms with E-state index in [-0.39, 0.29) is 11.8 Å². The van der Waals surface area contributed by atoms with Gasteiger partial charge in [0.05, 0.1) is 11.0 Å². The Morgan fingerprint density at radius 1 is 1.00 bits per heavy atom. The van der Waals surface area contributed by atoms with Gasteiger partial charge in [-0.2, -0.15) is 0 Å². The van der Waals surface area contributed by atoms with Crippen LogP contribution in [-0.2, 0) is 17.8 Å². The maximum Gasteiger partial charge on any atom is 0.251 e. The van der Waals surface area contributed by atoms with Crippen LogP contribution in [0.1, 0.15) is 48.3 Å². The van der Waals surface area contributed by atoms with Crippen molar-refractivity contribution in [3.63, 3.8) is 0 Å². The van der Waals surface area contributed by atoms with Crippen molar-refractivity contribution < 1.29 is 9.59 Å². The van der Waals surface area contributed by atoms with Crippen LogP contribution >= 0.6 is 15.9 Å². The third kappa shape index (κ3) is 5.57. The van der Waals surface area contributed by atoms with Crippen LogP contribution in [0.25, 0.3) is 11.0 Å². The lowest BCUT2D eigenvalue weighted by Crippen LogP contribution is -2.32. The van der Waals surface area contributed by atoms with E-state index in [9.17, 15) is 9.59 Å². The summed E-state index contributed by atoms with van der Waals surface area (Å²) in [7, 11) is 0. The molecule has 2 heterocycles. The van der Waals surface area contributed by atoms with Gasteiger partial charge in [-0.1, -0.05) is 47.0 Å². The first-order chi connectivity index (χ1) is 15.6. The van der Waals surface area contributed by atoms with Crippen molar-refractivity contribution in [2.75, 3.05) is 19.6 Å². The third-order valence-electron chi connectivity index (χ3n) is 5.96. The normalized spacial score (nSPS) is 14.3. The third-order valence-corrected chi connectivity index (χ3v) is 6.46. The van der Waals surface area contributed by atoms with Crippen LogP contribution in [-0.4, -0.2) is 45.9 Å². The van der Waals surface area contributed by atoms with E-state index < -0.39 is 0 Å². The van der Waals surface area contributed by atoms with E-state index in [0.717, 1.165) is 47.3 Å². The lowest BCUT2D eigenvalue weighted by atomic mass is 10.2. The Kier molecular flexibility index (Phi) is 7.58. The standard InChI is InChI=1S/C25H29BrN4O2/c26-20-9-7-8-19(18-20)25(32)27-14-12-23-28-21-10-3-4-11-22(21)30(23)17-13-24(31)29-15-5-1-2-6-16-29/h3-4,7-11,18H,1-2,5-6,12-17H2,(H,27,32). The van der Waals surface area contributed by atoms with E-state index in [0.29, 0.717) is 31.5 Å². The Hall–Kier alpha value is -2.67. The van der Waals surface area contributed by atoms with E-state index in [1.54, 1.807) is 12.1 Å². The summed E-state index contributed by atoms with van der Waals surface area (Å²) in [6.07, 6.45) is 5.70. The number of fused-ring (bicyclic) bond motifs is 1. The smallest absolute Gasteiger partial charge is 0.251 e. The fourth-order valence-electron chi connectivity index (χ4n) is 4.27. The SMILES string of the molecule is O=C(NCCc1nc2ccccc2n1CCC(=O)N1CCCCCC1)c1cccc(Br)c1. The topological polar surface area (TPSA) is 67.2 Å². The van der Waals surface area contributed by atoms with Gasteiger partial charge in [0.15, 0.2) is 0 Å². The summed E-state index contributed by atoms with van der Waals surface area (Å²) < 4.78 is 3.01. The Bertz CT molecular complexity index is 1090. The molecule has 1 saturated heterocycles. The van der Waals surface area contributed by atoms with E-state index in [2.05, 4.69) is 25.8 Å². The maximum absolute atomic E-state index is 12.8. The second-order valence-corrected chi connectivity index (χ2v) is 9.15. The molecule has 0 spiro atoms. The van der Waals surface area contributed by atoms with Gasteiger partial charge in [0.2, 0.25) is 5.91 Å². The first-order valence-corrected chi connectivity index (χ1v) is 12.2. The van der Waals surface area contributed by atoms with E-state index in [1.807, 2.05) is 41.3 Å². The largest absolute Gasteiger partial charge is 0.352 e. The summed E-state index contributed by atoms with van der Waals surface area (Å²) in [4.78, 5) is 32.1. The molecule has 1 fully saturated rings. The molecule has 1 aliphatic rings. The number of aryl methyl sites for hydroxylation is 1. The summed E-state index contributed by atoms with van der Waals surface area (Å²) in [5.74, 6) is 1.01. The summed E-state index contributed by atoms with van der Waals surface area (Å²) >= 11 is 3.40. The van der Waals surface area contributed by atoms with Crippen LogP contribution in [0, 0.1) is 0 Å². The number of hydrogen-bond donors (Lipinski definition) is 1. The van der Waals surface area contributed by atoms with Crippen molar-refractivity contribution in [3.8, 4) is 0 Å². The lowest BCUT2D eigenvalue weighted by molar-refractivity contribution is -0.131. The van der Waals surface area contributed by atoms with Crippen molar-refractivity contribution in [3.05, 3.63) is 64.4 Å². The molecule has 4 rings (SSSR count). The molecule has 168 valence electrons. The number of likely N-dealkylation sites (tertiary alicyclic amines) is 1. The Morgan fingerprint density at radius 3 is 2.56 bits per heavy atom. The Balaban J connectivity index is 1.42. The van der Waals surface area contributed by atoms with Crippen LogP contribution in [0.15, 0.2) is 53.0 Å². The van der Waals surface area contributed by atoms with Gasteiger partial charge in [0.1, 0.15) is 5.82 Å². The minimum absolute atomic E-state index is 0.106. The molecular weight excluding hydrogens is 468 g/mol. The van der Waals surface area contributed by atoms with Crippen molar-refractivity contribution in [1.29, 1.82) is 0 Å². The molecule has 0 aliphatic carbocycles. The predicted molar refractivity (Wildman–Crippen MR) is 130 cm³/mol. The Labute approximate surface area is 197 Å². The van der Waals surface area contributed by atoms with Gasteiger partial charge in [0.25, 0.3) is 5.91 Å². The first kappa shape index (κ1) is 22.5. The van der Waals surface area contributed by atoms with Gasteiger partial charge in [-0.3, -0.25) is 9.59 Å². The molecule has 32 heavy (non-hydrogen) atoms. The quantitative estimate of drug-likeness (QED) is 0.521. The number of aromatic nitrogens is 2. The van der Waals surface area contributed by atoms with Crippen LogP contribution < -0.4 is 5.32 Å². The van der Waals surface area contributed by atoms with E-state index in [1.165, 1.54) is 12.8 Å². The highest BCUT2D eigenvalue weighted by Crippen LogP contribution is 2.18. The molecule has 2 amide bonds. The van der Waals surface area contributed by atoms with Crippen molar-refractivity contribution >= 4 is 38.8 Å². The van der Waals surface area contributed by atoms with Crippen LogP contribution in [0.4, 0.5) is 0 Å². The van der Waals surface area contributed by atoms with E-state index in [4.69, 9.17) is 4.98 Å². The molecule has 0 radical (unpaired) electrons. The molecule has 7 heteroatoms. The van der Waals surface area contributed by atoms with Gasteiger partial charge in [-0.05, 0) is 43.2 Å². The summed E-state index contributed by atoms with van der Waals surface area (Å²) in [5.41, 5.74) is 2.57. The number of rotatable bonds is 7. The predicted octanol–water partition coefficient (Wildman–Crippen LogP) is 4.56. The number of carbonyl (C=O) groups excluding carboxylic acids is 2. The van der Waals surface area contributed by atoms with Crippen LogP contribution in [0.2, 0.25) is 0 Å². The van der Waals surface area contributed by atoms with Gasteiger partial charge in [-0.15, -0.1) is 0 Å². The number of carbonyl (C=O) groups is 2. The molecule has 1 N–H and O–H groups in total. The molecule has 1 aliphatic heterocycles. The minimum atomic E-state index is -0.106. The Morgan fingerprint density at radius 2 is 1.78 bits per heavy atom. The van der Waals surface area contributed by atoms with Crippen LogP contribution in [0.5, 0.6) is 0 Å². The molecule has 1 aromatic heterocycles. The highest BCUT2D eigenvalue weighted by Gasteiger charge is 2.17. The molecule has 6 nitrogen and oxygen atoms in total. The first-order valence-electron chi connectivity index (χ1n) is 11.4. The zero-order chi connectivity index (χ0) is 22.3. The molecular formula is C25H29BrN4O2. The number of halogens is 1. The average molecular weight is 497 g/mol. The fourth-order valence-corrected chi connectivity index (χ4v) is 4.67. The number of hydrogen-bond acceptors (Lipinski definition) is 3. The molecule has 0 unspecified atom stereocenters. The van der Waals surface area contributed by atoms with Gasteiger partial charge in [-0.25, -0.2) is 4.98 Å². The number of imidazole rings is 1. The second-order valence-electron chi connectivity index (χ2n) is 8.23. The maximum atomic E-state index is 12.8. The monoisotopic (exact) mass is 496 g/mol. The highest BCUT2D eigenvalue weighted by molar-refractivity contribution is 9.10. The zero-order valence-corrected chi connectivity index (χ0v) is 19.8. The number of benzene rings is 2. The molecule has 0 bridgehead atoms. The second kappa shape index (κ2) is 10.8. The molecule has 0 saturated carbocycles. The summed E-state index contributed by atoms with van der Waals surface area (Å²) in [6, 6.07) is 15.3. The summed E-state index contributed by atoms with van der Waals surface area (Å²) in [5, 5.41) is 2.98. The lowest BCUT2D eigenvalue weighted by Gasteiger charge is -2.20. The van der Waals surface area contributed by atoms with Gasteiger partial charge < -0.3 is 14.8 Å². The summed E-state index contributed by atoms with van der Waals surface area (Å²) in [6.45, 7) is 2.83. The van der Waals surface area contributed by atoms with Crippen molar-refractivity contribution in [1.82, 2.24) is 19.8 Å². The van der Waals surface area contributed by atoms with Gasteiger partial charge in [0, 0.05) is 49.1 Å². The van der Waals surface area contributed by atoms with Gasteiger partial charge >= 0.3 is 0 Å². The molecule has 3 aromatic rings. The molecule has 0 atom stereocenters. The van der Waals surface area contributed by atoms with E-state index >= 15 is 0 Å². The van der Waals surface area contributed by atoms with Crippen molar-refractivity contribution in [2.45, 2.75) is 45.1 Å². The number of nitrogens with zero attached hydrogens (tertiary/aromatic N) is 3. The number of para-hydroxylation sites is 2. The number of nitrogens with one attached hydrogen (secondary N) is 1. The van der Waals surface area contributed by atoms with Crippen molar-refractivity contribution in [2.24, 2.45) is 0 Å². The van der Waals surface area contributed by atoms with Crippen LogP contribution in [0.3, 0.4) is 0 Å². The number of amides is 2. The fraction of sp³-hybridized carbons (Fsp3) is 0.400. The highest BCUT2D eigenvalue weighted by atomic mass is 79.9. The average Bonchev–Trinajstić information content (AvgIpc) is 2.95. The zero-order valence-electron chi connectivity index (χ0n) is 18.2.